The summed E-state index contributed by atoms with van der Waals surface area (Å²) in [6.45, 7) is 4.10. The van der Waals surface area contributed by atoms with Gasteiger partial charge in [0.25, 0.3) is 0 Å². The van der Waals surface area contributed by atoms with Crippen LogP contribution >= 0.6 is 7.14 Å². The molecule has 0 radical (unpaired) electrons. The Balaban J connectivity index is 1.72. The second-order valence-electron chi connectivity index (χ2n) is 5.86. The largest absolute Gasteiger partial charge is 0.361 e. The molecule has 114 valence electrons. The smallest absolute Gasteiger partial charge is 0.220 e. The summed E-state index contributed by atoms with van der Waals surface area (Å²) in [5, 5.41) is 4.15. The summed E-state index contributed by atoms with van der Waals surface area (Å²) in [5.41, 5.74) is 2.43. The molecular weight excluding hydrogens is 283 g/mol. The van der Waals surface area contributed by atoms with Gasteiger partial charge in [-0.05, 0) is 37.8 Å². The molecule has 0 aliphatic heterocycles. The Bertz CT molecular complexity index is 657. The molecule has 0 fully saturated rings. The van der Waals surface area contributed by atoms with Crippen molar-refractivity contribution in [1.82, 2.24) is 10.3 Å². The highest BCUT2D eigenvalue weighted by Crippen LogP contribution is 2.36. The van der Waals surface area contributed by atoms with E-state index in [1.807, 2.05) is 18.3 Å². The highest BCUT2D eigenvalue weighted by Gasteiger charge is 2.10. The van der Waals surface area contributed by atoms with Crippen LogP contribution in [0.25, 0.3) is 10.9 Å². The summed E-state index contributed by atoms with van der Waals surface area (Å²) >= 11 is 0. The van der Waals surface area contributed by atoms with E-state index in [2.05, 4.69) is 22.4 Å². The highest BCUT2D eigenvalue weighted by molar-refractivity contribution is 7.62. The van der Waals surface area contributed by atoms with Crippen LogP contribution < -0.4 is 5.32 Å². The first kappa shape index (κ1) is 15.8. The number of nitrogens with one attached hydrogen (secondary N) is 2. The number of benzene rings is 1. The number of hydrogen-bond acceptors (Lipinski definition) is 2. The molecule has 21 heavy (non-hydrogen) atoms. The van der Waals surface area contributed by atoms with Crippen molar-refractivity contribution in [3.8, 4) is 0 Å². The van der Waals surface area contributed by atoms with Crippen LogP contribution in [0.15, 0.2) is 30.5 Å². The third-order valence-corrected chi connectivity index (χ3v) is 4.80. The SMILES string of the molecule is CP(C)(=O)CCC(=O)NCCCc1c[nH]c2ccccc12. The van der Waals surface area contributed by atoms with E-state index in [1.165, 1.54) is 10.9 Å². The fourth-order valence-electron chi connectivity index (χ4n) is 2.30. The van der Waals surface area contributed by atoms with Crippen LogP contribution in [0.3, 0.4) is 0 Å². The molecule has 0 unspecified atom stereocenters. The number of rotatable bonds is 7. The quantitative estimate of drug-likeness (QED) is 0.609. The van der Waals surface area contributed by atoms with Crippen LogP contribution in [0.5, 0.6) is 0 Å². The number of hydrogen-bond donors (Lipinski definition) is 2. The van der Waals surface area contributed by atoms with Crippen LogP contribution in [0, 0.1) is 0 Å². The first-order valence-corrected chi connectivity index (χ1v) is 10.1. The standard InChI is InChI=1S/C16H23N2O2P/c1-21(2,20)11-9-16(19)17-10-5-6-13-12-18-15-8-4-3-7-14(13)15/h3-4,7-8,12,18H,5-6,9-11H2,1-2H3,(H,17,19). The van der Waals surface area contributed by atoms with Gasteiger partial charge in [0.05, 0.1) is 7.14 Å². The van der Waals surface area contributed by atoms with E-state index in [1.54, 1.807) is 13.3 Å². The van der Waals surface area contributed by atoms with E-state index in [4.69, 9.17) is 0 Å². The maximum absolute atomic E-state index is 11.6. The number of aromatic amines is 1. The topological polar surface area (TPSA) is 62.0 Å². The molecule has 1 aromatic carbocycles. The van der Waals surface area contributed by atoms with Gasteiger partial charge in [-0.1, -0.05) is 18.2 Å². The molecule has 2 aromatic rings. The van der Waals surface area contributed by atoms with Crippen molar-refractivity contribution in [2.45, 2.75) is 19.3 Å². The third kappa shape index (κ3) is 5.05. The maximum atomic E-state index is 11.6. The summed E-state index contributed by atoms with van der Waals surface area (Å²) in [6, 6.07) is 8.23. The molecule has 0 aliphatic rings. The average molecular weight is 306 g/mol. The zero-order chi connectivity index (χ0) is 15.3. The summed E-state index contributed by atoms with van der Waals surface area (Å²) in [5.74, 6) is -0.00199. The highest BCUT2D eigenvalue weighted by atomic mass is 31.2. The lowest BCUT2D eigenvalue weighted by Crippen LogP contribution is -2.25. The first-order chi connectivity index (χ1) is 9.96. The van der Waals surface area contributed by atoms with Crippen molar-refractivity contribution < 1.29 is 9.36 Å². The first-order valence-electron chi connectivity index (χ1n) is 7.31. The molecule has 2 N–H and O–H groups in total. The van der Waals surface area contributed by atoms with Gasteiger partial charge in [-0.3, -0.25) is 4.79 Å². The molecule has 1 aromatic heterocycles. The predicted octanol–water partition coefficient (Wildman–Crippen LogP) is 3.23. The molecule has 0 atom stereocenters. The number of carbonyl (C=O) groups excluding carboxylic acids is 1. The van der Waals surface area contributed by atoms with Crippen molar-refractivity contribution in [1.29, 1.82) is 0 Å². The van der Waals surface area contributed by atoms with Gasteiger partial charge in [0.15, 0.2) is 0 Å². The van der Waals surface area contributed by atoms with Gasteiger partial charge in [-0.2, -0.15) is 0 Å². The van der Waals surface area contributed by atoms with E-state index in [0.717, 1.165) is 18.4 Å². The number of carbonyl (C=O) groups is 1. The predicted molar refractivity (Wildman–Crippen MR) is 88.6 cm³/mol. The molecule has 4 nitrogen and oxygen atoms in total. The molecule has 0 saturated heterocycles. The van der Waals surface area contributed by atoms with Gasteiger partial charge in [0.2, 0.25) is 5.91 Å². The van der Waals surface area contributed by atoms with Crippen molar-refractivity contribution in [3.05, 3.63) is 36.0 Å². The summed E-state index contributed by atoms with van der Waals surface area (Å²) < 4.78 is 11.5. The Labute approximate surface area is 125 Å². The second-order valence-corrected chi connectivity index (χ2v) is 9.46. The molecule has 0 saturated carbocycles. The van der Waals surface area contributed by atoms with Crippen molar-refractivity contribution in [2.75, 3.05) is 26.0 Å². The van der Waals surface area contributed by atoms with Crippen LogP contribution in [0.4, 0.5) is 0 Å². The number of para-hydroxylation sites is 1. The van der Waals surface area contributed by atoms with E-state index in [-0.39, 0.29) is 5.91 Å². The number of aromatic nitrogens is 1. The fourth-order valence-corrected chi connectivity index (χ4v) is 3.05. The summed E-state index contributed by atoms with van der Waals surface area (Å²) in [4.78, 5) is 14.9. The van der Waals surface area contributed by atoms with Crippen LogP contribution in [0.1, 0.15) is 18.4 Å². The minimum atomic E-state index is -2.09. The lowest BCUT2D eigenvalue weighted by molar-refractivity contribution is -0.120. The van der Waals surface area contributed by atoms with Gasteiger partial charge in [0, 0.05) is 36.2 Å². The molecule has 0 bridgehead atoms. The Kier molecular flexibility index (Phi) is 5.24. The van der Waals surface area contributed by atoms with E-state index in [0.29, 0.717) is 19.1 Å². The van der Waals surface area contributed by atoms with Crippen molar-refractivity contribution in [3.63, 3.8) is 0 Å². The molecule has 0 aliphatic carbocycles. The zero-order valence-electron chi connectivity index (χ0n) is 12.7. The number of fused-ring (bicyclic) bond motifs is 1. The maximum Gasteiger partial charge on any atom is 0.220 e. The van der Waals surface area contributed by atoms with Gasteiger partial charge >= 0.3 is 0 Å². The zero-order valence-corrected chi connectivity index (χ0v) is 13.6. The minimum Gasteiger partial charge on any atom is -0.361 e. The number of H-pyrrole nitrogens is 1. The van der Waals surface area contributed by atoms with Crippen LogP contribution in [-0.2, 0) is 15.8 Å². The van der Waals surface area contributed by atoms with Crippen molar-refractivity contribution in [2.24, 2.45) is 0 Å². The second kappa shape index (κ2) is 6.95. The Morgan fingerprint density at radius 1 is 1.29 bits per heavy atom. The van der Waals surface area contributed by atoms with E-state index >= 15 is 0 Å². The summed E-state index contributed by atoms with van der Waals surface area (Å²) in [6.07, 6.45) is 4.73. The molecular formula is C16H23N2O2P. The molecule has 5 heteroatoms. The van der Waals surface area contributed by atoms with Crippen LogP contribution in [-0.4, -0.2) is 36.9 Å². The molecule has 2 rings (SSSR count). The summed E-state index contributed by atoms with van der Waals surface area (Å²) in [7, 11) is -2.09. The van der Waals surface area contributed by atoms with Gasteiger partial charge in [0.1, 0.15) is 0 Å². The number of aryl methyl sites for hydroxylation is 1. The van der Waals surface area contributed by atoms with Gasteiger partial charge in [-0.15, -0.1) is 0 Å². The van der Waals surface area contributed by atoms with Gasteiger partial charge < -0.3 is 14.9 Å². The molecule has 1 amide bonds. The monoisotopic (exact) mass is 306 g/mol. The van der Waals surface area contributed by atoms with Crippen molar-refractivity contribution >= 4 is 24.0 Å². The Hall–Kier alpha value is -1.54. The minimum absolute atomic E-state index is 0.00199. The van der Waals surface area contributed by atoms with Crippen LogP contribution in [0.2, 0.25) is 0 Å². The van der Waals surface area contributed by atoms with Gasteiger partial charge in [-0.25, -0.2) is 0 Å². The lowest BCUT2D eigenvalue weighted by atomic mass is 10.1. The molecule has 1 heterocycles. The van der Waals surface area contributed by atoms with E-state index in [9.17, 15) is 9.36 Å². The average Bonchev–Trinajstić information content (AvgIpc) is 2.84. The third-order valence-electron chi connectivity index (χ3n) is 3.50. The van der Waals surface area contributed by atoms with E-state index < -0.39 is 7.14 Å². The Morgan fingerprint density at radius 3 is 2.81 bits per heavy atom. The normalized spacial score (nSPS) is 11.7. The Morgan fingerprint density at radius 2 is 2.05 bits per heavy atom. The molecule has 0 spiro atoms. The fraction of sp³-hybridized carbons (Fsp3) is 0.438. The number of amides is 1. The lowest BCUT2D eigenvalue weighted by Gasteiger charge is -2.07.